The van der Waals surface area contributed by atoms with Crippen LogP contribution in [0.5, 0.6) is 0 Å². The number of anilines is 2. The van der Waals surface area contributed by atoms with Crippen LogP contribution in [0.4, 0.5) is 11.6 Å². The van der Waals surface area contributed by atoms with Crippen LogP contribution >= 0.6 is 0 Å². The third-order valence-electron chi connectivity index (χ3n) is 4.57. The van der Waals surface area contributed by atoms with Gasteiger partial charge >= 0.3 is 0 Å². The summed E-state index contributed by atoms with van der Waals surface area (Å²) in [6, 6.07) is 15.5. The summed E-state index contributed by atoms with van der Waals surface area (Å²) in [7, 11) is 0. The van der Waals surface area contributed by atoms with Crippen LogP contribution in [-0.4, -0.2) is 28.9 Å². The lowest BCUT2D eigenvalue weighted by atomic mass is 10.2. The Kier molecular flexibility index (Phi) is 6.22. The van der Waals surface area contributed by atoms with E-state index in [4.69, 9.17) is 0 Å². The minimum atomic E-state index is -0.119. The molecule has 0 aliphatic carbocycles. The zero-order chi connectivity index (χ0) is 19.9. The average molecular weight is 375 g/mol. The summed E-state index contributed by atoms with van der Waals surface area (Å²) < 4.78 is 1.52. The summed E-state index contributed by atoms with van der Waals surface area (Å²) in [5, 5.41) is 4.85. The first-order valence-electron chi connectivity index (χ1n) is 9.42. The highest BCUT2D eigenvalue weighted by Crippen LogP contribution is 2.14. The van der Waals surface area contributed by atoms with E-state index in [9.17, 15) is 4.79 Å². The second-order valence-corrected chi connectivity index (χ2v) is 6.29. The summed E-state index contributed by atoms with van der Waals surface area (Å²) in [6.07, 6.45) is 3.38. The maximum Gasteiger partial charge on any atom is 0.263 e. The summed E-state index contributed by atoms with van der Waals surface area (Å²) in [6.45, 7) is 10.3. The first-order chi connectivity index (χ1) is 13.7. The molecule has 1 aromatic heterocycles. The molecule has 3 rings (SSSR count). The Hall–Kier alpha value is -3.41. The van der Waals surface area contributed by atoms with E-state index in [1.54, 1.807) is 18.4 Å². The van der Waals surface area contributed by atoms with Crippen molar-refractivity contribution in [2.24, 2.45) is 5.10 Å². The van der Waals surface area contributed by atoms with Gasteiger partial charge in [0.15, 0.2) is 0 Å². The van der Waals surface area contributed by atoms with Crippen LogP contribution < -0.4 is 15.9 Å². The Morgan fingerprint density at radius 1 is 1.14 bits per heavy atom. The van der Waals surface area contributed by atoms with E-state index in [1.165, 1.54) is 10.3 Å². The van der Waals surface area contributed by atoms with Crippen LogP contribution in [0.3, 0.4) is 0 Å². The quantitative estimate of drug-likeness (QED) is 0.369. The standard InChI is InChI=1S/C22H25N5O/c1-4-15-27-21(28)19-9-7-8-10-20(19)24-22(27)25-23-16-17-11-13-18(14-12-17)26(5-2)6-3/h4,7-14,16H,1,5-6,15H2,2-3H3,(H,24,25)/b23-16+. The lowest BCUT2D eigenvalue weighted by molar-refractivity contribution is 0.774. The Morgan fingerprint density at radius 2 is 1.86 bits per heavy atom. The topological polar surface area (TPSA) is 62.5 Å². The predicted molar refractivity (Wildman–Crippen MR) is 117 cm³/mol. The molecule has 3 aromatic rings. The summed E-state index contributed by atoms with van der Waals surface area (Å²) in [4.78, 5) is 19.5. The van der Waals surface area contributed by atoms with E-state index < -0.39 is 0 Å². The largest absolute Gasteiger partial charge is 0.372 e. The molecule has 0 spiro atoms. The van der Waals surface area contributed by atoms with Gasteiger partial charge in [-0.15, -0.1) is 6.58 Å². The molecule has 28 heavy (non-hydrogen) atoms. The van der Waals surface area contributed by atoms with Gasteiger partial charge in [-0.2, -0.15) is 5.10 Å². The van der Waals surface area contributed by atoms with Crippen molar-refractivity contribution in [1.29, 1.82) is 0 Å². The van der Waals surface area contributed by atoms with Gasteiger partial charge in [0.05, 0.1) is 17.1 Å². The van der Waals surface area contributed by atoms with Crippen LogP contribution in [-0.2, 0) is 6.54 Å². The molecular weight excluding hydrogens is 350 g/mol. The number of hydrazone groups is 1. The zero-order valence-electron chi connectivity index (χ0n) is 16.3. The molecule has 144 valence electrons. The molecule has 0 aliphatic rings. The molecule has 0 saturated heterocycles. The fourth-order valence-electron chi connectivity index (χ4n) is 3.08. The number of hydrogen-bond acceptors (Lipinski definition) is 5. The highest BCUT2D eigenvalue weighted by molar-refractivity contribution is 5.81. The van der Waals surface area contributed by atoms with Crippen LogP contribution in [0.2, 0.25) is 0 Å². The van der Waals surface area contributed by atoms with E-state index in [2.05, 4.69) is 53.0 Å². The maximum atomic E-state index is 12.7. The molecule has 0 bridgehead atoms. The van der Waals surface area contributed by atoms with Crippen LogP contribution in [0.15, 0.2) is 71.1 Å². The Balaban J connectivity index is 1.83. The Labute approximate surface area is 164 Å². The number of benzene rings is 2. The van der Waals surface area contributed by atoms with Gasteiger partial charge in [0.1, 0.15) is 0 Å². The fourth-order valence-corrected chi connectivity index (χ4v) is 3.08. The van der Waals surface area contributed by atoms with Crippen molar-refractivity contribution in [2.45, 2.75) is 20.4 Å². The van der Waals surface area contributed by atoms with E-state index in [0.29, 0.717) is 23.4 Å². The fraction of sp³-hybridized carbons (Fsp3) is 0.227. The molecule has 0 atom stereocenters. The number of fused-ring (bicyclic) bond motifs is 1. The normalized spacial score (nSPS) is 11.1. The highest BCUT2D eigenvalue weighted by Gasteiger charge is 2.09. The Morgan fingerprint density at radius 3 is 2.54 bits per heavy atom. The summed E-state index contributed by atoms with van der Waals surface area (Å²) in [5.41, 5.74) is 5.56. The van der Waals surface area contributed by atoms with Crippen molar-refractivity contribution in [2.75, 3.05) is 23.4 Å². The molecular formula is C22H25N5O. The van der Waals surface area contributed by atoms with Crippen LogP contribution in [0.25, 0.3) is 10.9 Å². The summed E-state index contributed by atoms with van der Waals surface area (Å²) in [5.74, 6) is 0.389. The highest BCUT2D eigenvalue weighted by atomic mass is 16.1. The monoisotopic (exact) mass is 375 g/mol. The minimum absolute atomic E-state index is 0.119. The smallest absolute Gasteiger partial charge is 0.263 e. The summed E-state index contributed by atoms with van der Waals surface area (Å²) >= 11 is 0. The van der Waals surface area contributed by atoms with Gasteiger partial charge in [0, 0.05) is 25.3 Å². The average Bonchev–Trinajstić information content (AvgIpc) is 2.73. The number of nitrogens with one attached hydrogen (secondary N) is 1. The van der Waals surface area contributed by atoms with Gasteiger partial charge in [0.2, 0.25) is 5.95 Å². The van der Waals surface area contributed by atoms with E-state index in [-0.39, 0.29) is 5.56 Å². The van der Waals surface area contributed by atoms with Gasteiger partial charge in [-0.25, -0.2) is 10.4 Å². The molecule has 1 heterocycles. The van der Waals surface area contributed by atoms with E-state index >= 15 is 0 Å². The number of nitrogens with zero attached hydrogens (tertiary/aromatic N) is 4. The van der Waals surface area contributed by atoms with Crippen molar-refractivity contribution < 1.29 is 0 Å². The van der Waals surface area contributed by atoms with Gasteiger partial charge in [-0.3, -0.25) is 9.36 Å². The molecule has 0 fully saturated rings. The van der Waals surface area contributed by atoms with E-state index in [1.807, 2.05) is 30.3 Å². The molecule has 0 amide bonds. The van der Waals surface area contributed by atoms with Gasteiger partial charge in [-0.1, -0.05) is 30.3 Å². The minimum Gasteiger partial charge on any atom is -0.372 e. The van der Waals surface area contributed by atoms with Crippen LogP contribution in [0.1, 0.15) is 19.4 Å². The molecule has 6 nitrogen and oxygen atoms in total. The van der Waals surface area contributed by atoms with Crippen molar-refractivity contribution >= 4 is 28.8 Å². The second-order valence-electron chi connectivity index (χ2n) is 6.29. The first kappa shape index (κ1) is 19.4. The molecule has 0 radical (unpaired) electrons. The third kappa shape index (κ3) is 4.11. The van der Waals surface area contributed by atoms with Crippen molar-refractivity contribution in [3.8, 4) is 0 Å². The van der Waals surface area contributed by atoms with Crippen LogP contribution in [0, 0.1) is 0 Å². The first-order valence-corrected chi connectivity index (χ1v) is 9.42. The molecule has 0 saturated carbocycles. The van der Waals surface area contributed by atoms with Crippen molar-refractivity contribution in [3.05, 3.63) is 77.1 Å². The number of rotatable bonds is 8. The molecule has 0 aliphatic heterocycles. The van der Waals surface area contributed by atoms with Gasteiger partial charge in [0.25, 0.3) is 5.56 Å². The zero-order valence-corrected chi connectivity index (χ0v) is 16.3. The second kappa shape index (κ2) is 8.99. The lowest BCUT2D eigenvalue weighted by Gasteiger charge is -2.20. The molecule has 0 unspecified atom stereocenters. The third-order valence-corrected chi connectivity index (χ3v) is 4.57. The SMILES string of the molecule is C=CCn1c(N/N=C/c2ccc(N(CC)CC)cc2)nc2ccccc2c1=O. The van der Waals surface area contributed by atoms with Crippen molar-refractivity contribution in [1.82, 2.24) is 9.55 Å². The van der Waals surface area contributed by atoms with Gasteiger partial charge < -0.3 is 4.90 Å². The predicted octanol–water partition coefficient (Wildman–Crippen LogP) is 3.87. The Bertz CT molecular complexity index is 1030. The number of hydrogen-bond donors (Lipinski definition) is 1. The van der Waals surface area contributed by atoms with E-state index in [0.717, 1.165) is 18.7 Å². The molecule has 1 N–H and O–H groups in total. The number of para-hydroxylation sites is 1. The maximum absolute atomic E-state index is 12.7. The molecule has 2 aromatic carbocycles. The lowest BCUT2D eigenvalue weighted by Crippen LogP contribution is -2.23. The number of allylic oxidation sites excluding steroid dienone is 1. The number of aromatic nitrogens is 2. The molecule has 6 heteroatoms. The van der Waals surface area contributed by atoms with Gasteiger partial charge in [-0.05, 0) is 43.7 Å². The van der Waals surface area contributed by atoms with Crippen molar-refractivity contribution in [3.63, 3.8) is 0 Å².